The molecule has 0 heterocycles. The van der Waals surface area contributed by atoms with Crippen LogP contribution in [0.2, 0.25) is 0 Å². The average molecular weight is 487 g/mol. The molecule has 33 heavy (non-hydrogen) atoms. The molecule has 2 N–H and O–H groups in total. The van der Waals surface area contributed by atoms with Crippen LogP contribution in [0.3, 0.4) is 0 Å². The monoisotopic (exact) mass is 486 g/mol. The van der Waals surface area contributed by atoms with E-state index in [4.69, 9.17) is 9.47 Å². The number of nitrogens with one attached hydrogen (secondary N) is 2. The maximum absolute atomic E-state index is 12.6. The number of hydrogen-bond acceptors (Lipinski definition) is 6. The van der Waals surface area contributed by atoms with Crippen molar-refractivity contribution in [2.75, 3.05) is 24.3 Å². The lowest BCUT2D eigenvalue weighted by atomic mass is 10.2. The highest BCUT2D eigenvalue weighted by molar-refractivity contribution is 8.00. The maximum Gasteiger partial charge on any atom is 0.261 e. The van der Waals surface area contributed by atoms with Gasteiger partial charge in [-0.05, 0) is 50.2 Å². The van der Waals surface area contributed by atoms with E-state index in [-0.39, 0.29) is 10.8 Å². The predicted molar refractivity (Wildman–Crippen MR) is 132 cm³/mol. The molecule has 0 aliphatic rings. The zero-order valence-corrected chi connectivity index (χ0v) is 20.4. The van der Waals surface area contributed by atoms with Gasteiger partial charge in [-0.15, -0.1) is 11.8 Å². The Morgan fingerprint density at radius 2 is 1.45 bits per heavy atom. The van der Waals surface area contributed by atoms with Gasteiger partial charge in [0.05, 0.1) is 24.4 Å². The quantitative estimate of drug-likeness (QED) is 0.417. The molecular formula is C24H26N2O5S2. The van der Waals surface area contributed by atoms with Crippen LogP contribution in [0, 0.1) is 6.92 Å². The molecule has 0 fully saturated rings. The number of anilines is 2. The predicted octanol–water partition coefficient (Wildman–Crippen LogP) is 4.93. The van der Waals surface area contributed by atoms with E-state index < -0.39 is 15.3 Å². The van der Waals surface area contributed by atoms with Gasteiger partial charge in [0, 0.05) is 34.5 Å². The topological polar surface area (TPSA) is 93.7 Å². The third-order valence-corrected chi connectivity index (χ3v) is 7.25. The fraction of sp³-hybridized carbons (Fsp3) is 0.208. The normalized spacial score (nSPS) is 12.0. The Bertz CT molecular complexity index is 1190. The number of rotatable bonds is 9. The Kier molecular flexibility index (Phi) is 7.88. The summed E-state index contributed by atoms with van der Waals surface area (Å²) in [4.78, 5) is 13.7. The van der Waals surface area contributed by atoms with E-state index in [2.05, 4.69) is 10.0 Å². The lowest BCUT2D eigenvalue weighted by molar-refractivity contribution is -0.115. The highest BCUT2D eigenvalue weighted by Gasteiger charge is 2.17. The molecule has 3 aromatic rings. The number of aryl methyl sites for hydroxylation is 1. The number of carbonyl (C=O) groups is 1. The summed E-state index contributed by atoms with van der Waals surface area (Å²) in [7, 11) is -0.577. The number of methoxy groups -OCH3 is 2. The van der Waals surface area contributed by atoms with Crippen molar-refractivity contribution in [3.63, 3.8) is 0 Å². The number of benzene rings is 3. The van der Waals surface area contributed by atoms with Crippen LogP contribution in [0.15, 0.2) is 76.5 Å². The number of sulfonamides is 1. The molecule has 0 aliphatic carbocycles. The molecule has 3 rings (SSSR count). The Labute approximate surface area is 198 Å². The number of carbonyl (C=O) groups excluding carboxylic acids is 1. The first kappa shape index (κ1) is 24.5. The van der Waals surface area contributed by atoms with E-state index in [0.29, 0.717) is 22.9 Å². The van der Waals surface area contributed by atoms with Gasteiger partial charge < -0.3 is 14.8 Å². The van der Waals surface area contributed by atoms with Gasteiger partial charge in [-0.2, -0.15) is 0 Å². The van der Waals surface area contributed by atoms with Crippen molar-refractivity contribution in [2.45, 2.75) is 28.9 Å². The lowest BCUT2D eigenvalue weighted by Gasteiger charge is -2.14. The van der Waals surface area contributed by atoms with Crippen molar-refractivity contribution >= 4 is 39.1 Å². The summed E-state index contributed by atoms with van der Waals surface area (Å²) in [6.07, 6.45) is 0. The summed E-state index contributed by atoms with van der Waals surface area (Å²) in [5.74, 6) is 0.974. The highest BCUT2D eigenvalue weighted by atomic mass is 32.2. The van der Waals surface area contributed by atoms with Crippen molar-refractivity contribution in [3.05, 3.63) is 72.3 Å². The minimum Gasteiger partial charge on any atom is -0.497 e. The molecule has 9 heteroatoms. The molecule has 1 amide bonds. The zero-order valence-electron chi connectivity index (χ0n) is 18.8. The van der Waals surface area contributed by atoms with Gasteiger partial charge in [0.2, 0.25) is 5.91 Å². The molecule has 0 aromatic heterocycles. The fourth-order valence-electron chi connectivity index (χ4n) is 2.91. The van der Waals surface area contributed by atoms with Crippen LogP contribution < -0.4 is 19.5 Å². The van der Waals surface area contributed by atoms with Gasteiger partial charge >= 0.3 is 0 Å². The van der Waals surface area contributed by atoms with Crippen LogP contribution in [-0.4, -0.2) is 33.8 Å². The van der Waals surface area contributed by atoms with Crippen LogP contribution in [-0.2, 0) is 14.8 Å². The molecule has 0 saturated carbocycles. The van der Waals surface area contributed by atoms with Gasteiger partial charge in [0.25, 0.3) is 10.0 Å². The highest BCUT2D eigenvalue weighted by Crippen LogP contribution is 2.29. The molecular weight excluding hydrogens is 460 g/mol. The Morgan fingerprint density at radius 3 is 2.00 bits per heavy atom. The van der Waals surface area contributed by atoms with Gasteiger partial charge in [-0.25, -0.2) is 8.42 Å². The van der Waals surface area contributed by atoms with Crippen molar-refractivity contribution < 1.29 is 22.7 Å². The van der Waals surface area contributed by atoms with Gasteiger partial charge in [0.15, 0.2) is 0 Å². The van der Waals surface area contributed by atoms with E-state index in [1.54, 1.807) is 87.9 Å². The Morgan fingerprint density at radius 1 is 0.879 bits per heavy atom. The minimum atomic E-state index is -3.67. The second kappa shape index (κ2) is 10.6. The molecule has 7 nitrogen and oxygen atoms in total. The first-order valence-corrected chi connectivity index (χ1v) is 12.5. The fourth-order valence-corrected chi connectivity index (χ4v) is 4.84. The molecule has 0 aliphatic heterocycles. The second-order valence-corrected chi connectivity index (χ2v) is 10.4. The molecule has 1 atom stereocenters. The smallest absolute Gasteiger partial charge is 0.261 e. The third-order valence-electron chi connectivity index (χ3n) is 4.74. The molecule has 0 saturated heterocycles. The van der Waals surface area contributed by atoms with E-state index >= 15 is 0 Å². The van der Waals surface area contributed by atoms with Crippen molar-refractivity contribution in [1.82, 2.24) is 0 Å². The van der Waals surface area contributed by atoms with Crippen LogP contribution in [0.1, 0.15) is 12.5 Å². The van der Waals surface area contributed by atoms with E-state index in [9.17, 15) is 13.2 Å². The second-order valence-electron chi connectivity index (χ2n) is 7.29. The van der Waals surface area contributed by atoms with E-state index in [1.807, 2.05) is 6.92 Å². The minimum absolute atomic E-state index is 0.181. The SMILES string of the molecule is COc1cc(NC(=O)C(C)Sc2ccc(NS(=O)(=O)c3ccc(C)cc3)cc2)cc(OC)c1. The first-order chi connectivity index (χ1) is 15.7. The van der Waals surface area contributed by atoms with Crippen LogP contribution in [0.4, 0.5) is 11.4 Å². The largest absolute Gasteiger partial charge is 0.497 e. The lowest BCUT2D eigenvalue weighted by Crippen LogP contribution is -2.22. The number of amides is 1. The molecule has 3 aromatic carbocycles. The van der Waals surface area contributed by atoms with Crippen LogP contribution >= 0.6 is 11.8 Å². The standard InChI is InChI=1S/C24H26N2O5S2/c1-16-5-11-23(12-6-16)33(28,29)26-18-7-9-22(10-8-18)32-17(2)24(27)25-19-13-20(30-3)15-21(14-19)31-4/h5-15,17,26H,1-4H3,(H,25,27). The average Bonchev–Trinajstić information content (AvgIpc) is 2.80. The molecule has 0 spiro atoms. The van der Waals surface area contributed by atoms with Gasteiger partial charge in [0.1, 0.15) is 11.5 Å². The van der Waals surface area contributed by atoms with Crippen molar-refractivity contribution in [3.8, 4) is 11.5 Å². The van der Waals surface area contributed by atoms with Gasteiger partial charge in [-0.1, -0.05) is 17.7 Å². The molecule has 0 bridgehead atoms. The third kappa shape index (κ3) is 6.66. The Balaban J connectivity index is 1.62. The van der Waals surface area contributed by atoms with Gasteiger partial charge in [-0.3, -0.25) is 9.52 Å². The van der Waals surface area contributed by atoms with E-state index in [0.717, 1.165) is 10.5 Å². The van der Waals surface area contributed by atoms with E-state index in [1.165, 1.54) is 11.8 Å². The summed E-state index contributed by atoms with van der Waals surface area (Å²) in [5.41, 5.74) is 2.00. The van der Waals surface area contributed by atoms with Crippen LogP contribution in [0.25, 0.3) is 0 Å². The molecule has 1 unspecified atom stereocenters. The summed E-state index contributed by atoms with van der Waals surface area (Å²) >= 11 is 1.36. The Hall–Kier alpha value is -3.17. The summed E-state index contributed by atoms with van der Waals surface area (Å²) in [5, 5.41) is 2.47. The number of thioether (sulfide) groups is 1. The van der Waals surface area contributed by atoms with Crippen LogP contribution in [0.5, 0.6) is 11.5 Å². The first-order valence-electron chi connectivity index (χ1n) is 10.1. The zero-order chi connectivity index (χ0) is 24.0. The van der Waals surface area contributed by atoms with Crippen molar-refractivity contribution in [2.24, 2.45) is 0 Å². The summed E-state index contributed by atoms with van der Waals surface area (Å²) in [6.45, 7) is 3.69. The number of hydrogen-bond donors (Lipinski definition) is 2. The number of ether oxygens (including phenoxy) is 2. The van der Waals surface area contributed by atoms with Crippen molar-refractivity contribution in [1.29, 1.82) is 0 Å². The summed E-state index contributed by atoms with van der Waals surface area (Å²) in [6, 6.07) is 18.7. The molecule has 174 valence electrons. The molecule has 0 radical (unpaired) electrons. The maximum atomic E-state index is 12.6. The summed E-state index contributed by atoms with van der Waals surface area (Å²) < 4.78 is 38.1.